The van der Waals surface area contributed by atoms with Crippen LogP contribution >= 0.6 is 0 Å². The Morgan fingerprint density at radius 3 is 2.60 bits per heavy atom. The second-order valence-corrected chi connectivity index (χ2v) is 3.04. The van der Waals surface area contributed by atoms with Gasteiger partial charge in [0.05, 0.1) is 0 Å². The number of guanidine groups is 1. The number of rotatable bonds is 5. The maximum atomic E-state index is 10.5. The molecule has 0 saturated heterocycles. The highest BCUT2D eigenvalue weighted by Crippen LogP contribution is 1.94. The molecule has 0 fully saturated rings. The maximum absolute atomic E-state index is 10.5. The summed E-state index contributed by atoms with van der Waals surface area (Å²) < 4.78 is 0. The third kappa shape index (κ3) is 7.44. The molecule has 0 aliphatic rings. The molecule has 0 saturated carbocycles. The van der Waals surface area contributed by atoms with E-state index in [9.17, 15) is 9.59 Å². The number of nitrogens with zero attached hydrogens (tertiary/aromatic N) is 1. The predicted molar refractivity (Wildman–Crippen MR) is 55.2 cm³/mol. The summed E-state index contributed by atoms with van der Waals surface area (Å²) >= 11 is 0. The van der Waals surface area contributed by atoms with E-state index in [-0.39, 0.29) is 11.9 Å². The van der Waals surface area contributed by atoms with Crippen LogP contribution in [0.3, 0.4) is 0 Å². The van der Waals surface area contributed by atoms with Gasteiger partial charge < -0.3 is 16.6 Å². The van der Waals surface area contributed by atoms with E-state index in [1.54, 1.807) is 0 Å². The minimum atomic E-state index is -1.03. The molecule has 0 spiro atoms. The molecule has 7 heteroatoms. The molecule has 0 aromatic heterocycles. The van der Waals surface area contributed by atoms with Gasteiger partial charge in [0.1, 0.15) is 6.04 Å². The van der Waals surface area contributed by atoms with E-state index in [0.717, 1.165) is 0 Å². The zero-order chi connectivity index (χ0) is 11.8. The van der Waals surface area contributed by atoms with Crippen molar-refractivity contribution in [1.82, 2.24) is 5.32 Å². The van der Waals surface area contributed by atoms with Gasteiger partial charge in [-0.3, -0.25) is 19.9 Å². The van der Waals surface area contributed by atoms with Crippen LogP contribution in [0.4, 0.5) is 0 Å². The highest BCUT2D eigenvalue weighted by molar-refractivity contribution is 5.94. The molecule has 7 nitrogen and oxygen atoms in total. The van der Waals surface area contributed by atoms with Crippen molar-refractivity contribution in [2.45, 2.75) is 25.8 Å². The maximum Gasteiger partial charge on any atom is 0.320 e. The van der Waals surface area contributed by atoms with Gasteiger partial charge in [-0.1, -0.05) is 0 Å². The second kappa shape index (κ2) is 6.77. The zero-order valence-electron chi connectivity index (χ0n) is 8.56. The summed E-state index contributed by atoms with van der Waals surface area (Å²) in [4.78, 5) is 24.7. The van der Waals surface area contributed by atoms with Crippen LogP contribution in [-0.2, 0) is 9.59 Å². The van der Waals surface area contributed by atoms with Crippen molar-refractivity contribution in [1.29, 1.82) is 0 Å². The van der Waals surface area contributed by atoms with Gasteiger partial charge in [-0.05, 0) is 12.8 Å². The second-order valence-electron chi connectivity index (χ2n) is 3.04. The lowest BCUT2D eigenvalue weighted by Gasteiger charge is -2.04. The molecule has 0 aliphatic carbocycles. The number of amides is 1. The summed E-state index contributed by atoms with van der Waals surface area (Å²) in [6.07, 6.45) is 0.833. The van der Waals surface area contributed by atoms with Gasteiger partial charge in [0.2, 0.25) is 5.91 Å². The summed E-state index contributed by atoms with van der Waals surface area (Å²) in [6.45, 7) is 1.66. The molecule has 0 heterocycles. The van der Waals surface area contributed by atoms with Crippen LogP contribution in [0.1, 0.15) is 19.8 Å². The number of carbonyl (C=O) groups excluding carboxylic acids is 1. The average molecular weight is 216 g/mol. The number of hydrogen-bond acceptors (Lipinski definition) is 4. The molecule has 0 rings (SSSR count). The van der Waals surface area contributed by atoms with E-state index < -0.39 is 12.0 Å². The van der Waals surface area contributed by atoms with Gasteiger partial charge in [-0.2, -0.15) is 0 Å². The molecule has 1 atom stereocenters. The number of hydrogen-bond donors (Lipinski definition) is 4. The molecule has 6 N–H and O–H groups in total. The summed E-state index contributed by atoms with van der Waals surface area (Å²) in [5.74, 6) is -1.29. The van der Waals surface area contributed by atoms with Crippen molar-refractivity contribution in [2.75, 3.05) is 6.54 Å². The fraction of sp³-hybridized carbons (Fsp3) is 0.625. The molecule has 0 aliphatic heterocycles. The molecule has 0 aromatic rings. The smallest absolute Gasteiger partial charge is 0.320 e. The number of carboxylic acids is 1. The number of carboxylic acid groups (broad SMARTS) is 1. The Bertz CT molecular complexity index is 265. The van der Waals surface area contributed by atoms with E-state index >= 15 is 0 Å². The van der Waals surface area contributed by atoms with Crippen molar-refractivity contribution in [3.63, 3.8) is 0 Å². The van der Waals surface area contributed by atoms with Gasteiger partial charge in [0.15, 0.2) is 5.96 Å². The third-order valence-corrected chi connectivity index (χ3v) is 1.58. The van der Waals surface area contributed by atoms with Crippen molar-refractivity contribution < 1.29 is 14.7 Å². The minimum absolute atomic E-state index is 0.0337. The summed E-state index contributed by atoms with van der Waals surface area (Å²) in [7, 11) is 0. The normalized spacial score (nSPS) is 13.3. The molecule has 0 unspecified atom stereocenters. The molecule has 15 heavy (non-hydrogen) atoms. The van der Waals surface area contributed by atoms with Gasteiger partial charge in [0.25, 0.3) is 0 Å². The first-order valence-corrected chi connectivity index (χ1v) is 4.49. The van der Waals surface area contributed by atoms with E-state index in [2.05, 4.69) is 10.3 Å². The molecular formula is C8H16N4O3. The zero-order valence-corrected chi connectivity index (χ0v) is 8.56. The Hall–Kier alpha value is -1.63. The lowest BCUT2D eigenvalue weighted by Crippen LogP contribution is -2.35. The van der Waals surface area contributed by atoms with Crippen LogP contribution in [0.5, 0.6) is 0 Å². The first-order chi connectivity index (χ1) is 6.93. The fourth-order valence-electron chi connectivity index (χ4n) is 0.854. The van der Waals surface area contributed by atoms with Crippen molar-refractivity contribution in [2.24, 2.45) is 16.5 Å². The van der Waals surface area contributed by atoms with Gasteiger partial charge in [0, 0.05) is 13.5 Å². The Balaban J connectivity index is 3.69. The van der Waals surface area contributed by atoms with E-state index in [1.165, 1.54) is 6.92 Å². The summed E-state index contributed by atoms with van der Waals surface area (Å²) in [5, 5.41) is 10.8. The number of carbonyl (C=O) groups is 2. The largest absolute Gasteiger partial charge is 0.480 e. The van der Waals surface area contributed by atoms with Gasteiger partial charge >= 0.3 is 5.97 Å². The highest BCUT2D eigenvalue weighted by atomic mass is 16.4. The molecule has 1 amide bonds. The van der Waals surface area contributed by atoms with Crippen LogP contribution in [0.25, 0.3) is 0 Å². The topological polar surface area (TPSA) is 131 Å². The monoisotopic (exact) mass is 216 g/mol. The molecule has 0 aromatic carbocycles. The summed E-state index contributed by atoms with van der Waals surface area (Å²) in [6, 6.07) is -0.873. The van der Waals surface area contributed by atoms with E-state index in [1.807, 2.05) is 0 Å². The molecule has 0 radical (unpaired) electrons. The standard InChI is InChI=1S/C8H16N4O3/c1-5(13)12-8(10)11-4-2-3-6(9)7(14)15/h6H,2-4,9H2,1H3,(H,14,15)(H3,10,11,12,13)/t6-/m1/s1. The van der Waals surface area contributed by atoms with Crippen LogP contribution in [-0.4, -0.2) is 35.5 Å². The average Bonchev–Trinajstić information content (AvgIpc) is 2.10. The Morgan fingerprint density at radius 2 is 2.13 bits per heavy atom. The fourth-order valence-corrected chi connectivity index (χ4v) is 0.854. The third-order valence-electron chi connectivity index (χ3n) is 1.58. The van der Waals surface area contributed by atoms with Crippen LogP contribution in [0.15, 0.2) is 4.99 Å². The minimum Gasteiger partial charge on any atom is -0.480 e. The number of aliphatic carboxylic acids is 1. The SMILES string of the molecule is CC(=O)NC(N)=NCCC[C@@H](N)C(=O)O. The number of aliphatic imine (C=N–C) groups is 1. The van der Waals surface area contributed by atoms with Crippen LogP contribution in [0, 0.1) is 0 Å². The lowest BCUT2D eigenvalue weighted by molar-refractivity contribution is -0.138. The molecular weight excluding hydrogens is 200 g/mol. The number of nitrogens with two attached hydrogens (primary N) is 2. The van der Waals surface area contributed by atoms with E-state index in [4.69, 9.17) is 16.6 Å². The number of nitrogens with one attached hydrogen (secondary N) is 1. The van der Waals surface area contributed by atoms with Gasteiger partial charge in [-0.15, -0.1) is 0 Å². The van der Waals surface area contributed by atoms with Crippen LogP contribution in [0.2, 0.25) is 0 Å². The predicted octanol–water partition coefficient (Wildman–Crippen LogP) is -1.37. The van der Waals surface area contributed by atoms with Gasteiger partial charge in [-0.25, -0.2) is 0 Å². The molecule has 86 valence electrons. The quantitative estimate of drug-likeness (QED) is 0.256. The Morgan fingerprint density at radius 1 is 1.53 bits per heavy atom. The highest BCUT2D eigenvalue weighted by Gasteiger charge is 2.09. The van der Waals surface area contributed by atoms with Crippen LogP contribution < -0.4 is 16.8 Å². The van der Waals surface area contributed by atoms with Crippen molar-refractivity contribution in [3.8, 4) is 0 Å². The first kappa shape index (κ1) is 13.4. The Labute approximate surface area is 87.5 Å². The molecule has 0 bridgehead atoms. The van der Waals surface area contributed by atoms with E-state index in [0.29, 0.717) is 19.4 Å². The van der Waals surface area contributed by atoms with Crippen molar-refractivity contribution in [3.05, 3.63) is 0 Å². The first-order valence-electron chi connectivity index (χ1n) is 4.49. The summed E-state index contributed by atoms with van der Waals surface area (Å²) in [5.41, 5.74) is 10.6. The Kier molecular flexibility index (Phi) is 6.03. The van der Waals surface area contributed by atoms with Crippen molar-refractivity contribution >= 4 is 17.8 Å². The lowest BCUT2D eigenvalue weighted by atomic mass is 10.2.